The fraction of sp³-hybridized carbons (Fsp3) is 0.600. The standard InChI is InChI=1S/C10H16N2O8.3ClH.Gd/c13-7(14)3-11(4-8(15)16)1-2-12(5-9(17)18)6-10(19)20;;;;/h1-6H2,(H,13,14)(H,15,16)(H,17,18)(H,19,20);3*1H;/p-3. The van der Waals surface area contributed by atoms with E-state index in [4.69, 9.17) is 20.4 Å². The van der Waals surface area contributed by atoms with Gasteiger partial charge in [0.15, 0.2) is 0 Å². The molecule has 14 heteroatoms. The third-order valence-corrected chi connectivity index (χ3v) is 2.17. The summed E-state index contributed by atoms with van der Waals surface area (Å²) in [7, 11) is 0. The summed E-state index contributed by atoms with van der Waals surface area (Å²) in [5.41, 5.74) is 0. The normalized spacial score (nSPS) is 8.92. The van der Waals surface area contributed by atoms with Crippen LogP contribution in [0.3, 0.4) is 0 Å². The predicted octanol–water partition coefficient (Wildman–Crippen LogP) is -11.1. The molecule has 0 fully saturated rings. The molecule has 24 heavy (non-hydrogen) atoms. The number of hydrogen-bond acceptors (Lipinski definition) is 6. The van der Waals surface area contributed by atoms with E-state index in [2.05, 4.69) is 0 Å². The van der Waals surface area contributed by atoms with Crippen LogP contribution >= 0.6 is 0 Å². The number of carboxylic acid groups (broad SMARTS) is 4. The van der Waals surface area contributed by atoms with E-state index in [1.165, 1.54) is 0 Å². The molecule has 0 atom stereocenters. The minimum atomic E-state index is -1.23. The third-order valence-electron chi connectivity index (χ3n) is 2.17. The van der Waals surface area contributed by atoms with Crippen molar-refractivity contribution in [1.82, 2.24) is 9.80 Å². The topological polar surface area (TPSA) is 156 Å². The number of carbonyl (C=O) groups is 4. The van der Waals surface area contributed by atoms with E-state index >= 15 is 0 Å². The van der Waals surface area contributed by atoms with Crippen molar-refractivity contribution < 1.29 is 117 Å². The fourth-order valence-electron chi connectivity index (χ4n) is 1.48. The van der Waals surface area contributed by atoms with Crippen molar-refractivity contribution in [1.29, 1.82) is 0 Å². The van der Waals surface area contributed by atoms with Gasteiger partial charge in [-0.2, -0.15) is 0 Å². The van der Waals surface area contributed by atoms with Crippen molar-refractivity contribution in [3.8, 4) is 0 Å². The average Bonchev–Trinajstić information content (AvgIpc) is 2.22. The maximum absolute atomic E-state index is 10.6. The summed E-state index contributed by atoms with van der Waals surface area (Å²) < 4.78 is 0. The van der Waals surface area contributed by atoms with E-state index in [0.29, 0.717) is 0 Å². The van der Waals surface area contributed by atoms with Crippen LogP contribution in [-0.2, 0) is 19.2 Å². The summed E-state index contributed by atoms with van der Waals surface area (Å²) in [4.78, 5) is 44.4. The van der Waals surface area contributed by atoms with Crippen molar-refractivity contribution in [2.75, 3.05) is 39.3 Å². The summed E-state index contributed by atoms with van der Waals surface area (Å²) in [6.07, 6.45) is 0. The number of carboxylic acids is 4. The predicted molar refractivity (Wildman–Crippen MR) is 63.4 cm³/mol. The Morgan fingerprint density at radius 1 is 0.542 bits per heavy atom. The Bertz CT molecular complexity index is 334. The van der Waals surface area contributed by atoms with Crippen molar-refractivity contribution in [2.24, 2.45) is 0 Å². The number of nitrogens with zero attached hydrogens (tertiary/aromatic N) is 2. The Kier molecular flexibility index (Phi) is 28.3. The Balaban J connectivity index is -0.000000301. The first-order chi connectivity index (χ1) is 9.20. The van der Waals surface area contributed by atoms with E-state index < -0.39 is 50.1 Å². The second-order valence-corrected chi connectivity index (χ2v) is 4.00. The minimum Gasteiger partial charge on any atom is -1.00 e. The SMILES string of the molecule is O=C(O)CN(CCN(CC(=O)O)CC(=O)O)CC(=O)O.[Cl-].[Cl-].[Cl-].[Gd]. The van der Waals surface area contributed by atoms with Crippen LogP contribution in [0, 0.1) is 39.9 Å². The molecule has 4 N–H and O–H groups in total. The smallest absolute Gasteiger partial charge is 0.317 e. The Morgan fingerprint density at radius 3 is 0.833 bits per heavy atom. The molecular formula is C10H16Cl3GdN2O8-3. The second-order valence-electron chi connectivity index (χ2n) is 4.00. The van der Waals surface area contributed by atoms with Crippen molar-refractivity contribution in [2.45, 2.75) is 0 Å². The van der Waals surface area contributed by atoms with Crippen LogP contribution in [0.5, 0.6) is 0 Å². The van der Waals surface area contributed by atoms with Crippen LogP contribution in [0.25, 0.3) is 0 Å². The van der Waals surface area contributed by atoms with Gasteiger partial charge in [0, 0.05) is 53.0 Å². The van der Waals surface area contributed by atoms with Gasteiger partial charge >= 0.3 is 23.9 Å². The summed E-state index contributed by atoms with van der Waals surface area (Å²) in [5.74, 6) is -4.91. The zero-order valence-electron chi connectivity index (χ0n) is 12.0. The van der Waals surface area contributed by atoms with Gasteiger partial charge in [-0.25, -0.2) is 0 Å². The molecule has 0 aliphatic carbocycles. The van der Waals surface area contributed by atoms with Gasteiger partial charge in [-0.1, -0.05) is 0 Å². The van der Waals surface area contributed by atoms with Gasteiger partial charge in [-0.15, -0.1) is 0 Å². The Labute approximate surface area is 188 Å². The second kappa shape index (κ2) is 19.3. The number of halogens is 3. The summed E-state index contributed by atoms with van der Waals surface area (Å²) >= 11 is 0. The van der Waals surface area contributed by atoms with Crippen molar-refractivity contribution in [3.63, 3.8) is 0 Å². The first-order valence-corrected chi connectivity index (χ1v) is 5.52. The van der Waals surface area contributed by atoms with E-state index in [-0.39, 0.29) is 90.3 Å². The molecule has 0 aromatic rings. The molecule has 0 aliphatic heterocycles. The van der Waals surface area contributed by atoms with Gasteiger partial charge in [0.05, 0.1) is 26.2 Å². The van der Waals surface area contributed by atoms with Crippen LogP contribution in [0.1, 0.15) is 0 Å². The molecule has 0 unspecified atom stereocenters. The quantitative estimate of drug-likeness (QED) is 0.193. The zero-order chi connectivity index (χ0) is 15.7. The van der Waals surface area contributed by atoms with Gasteiger partial charge in [0.25, 0.3) is 0 Å². The summed E-state index contributed by atoms with van der Waals surface area (Å²) in [6.45, 7) is -2.25. The maximum Gasteiger partial charge on any atom is 0.317 e. The Morgan fingerprint density at radius 2 is 0.708 bits per heavy atom. The molecule has 0 amide bonds. The van der Waals surface area contributed by atoms with Crippen molar-refractivity contribution in [3.05, 3.63) is 0 Å². The van der Waals surface area contributed by atoms with Gasteiger partial charge < -0.3 is 57.6 Å². The van der Waals surface area contributed by atoms with Gasteiger partial charge in [0.2, 0.25) is 0 Å². The fourth-order valence-corrected chi connectivity index (χ4v) is 1.48. The molecule has 146 valence electrons. The molecule has 0 radical (unpaired) electrons. The molecule has 0 saturated carbocycles. The molecule has 0 bridgehead atoms. The van der Waals surface area contributed by atoms with E-state index in [1.807, 2.05) is 0 Å². The van der Waals surface area contributed by atoms with Gasteiger partial charge in [-0.05, 0) is 0 Å². The van der Waals surface area contributed by atoms with Gasteiger partial charge in [-0.3, -0.25) is 29.0 Å². The molecule has 0 aromatic carbocycles. The number of rotatable bonds is 11. The summed E-state index contributed by atoms with van der Waals surface area (Å²) in [5, 5.41) is 34.5. The average molecular weight is 556 g/mol. The summed E-state index contributed by atoms with van der Waals surface area (Å²) in [6, 6.07) is 0. The maximum atomic E-state index is 10.6. The first kappa shape index (κ1) is 35.2. The molecule has 10 nitrogen and oxygen atoms in total. The largest absolute Gasteiger partial charge is 1.00 e. The van der Waals surface area contributed by atoms with E-state index in [9.17, 15) is 19.2 Å². The molecular weight excluding hydrogens is 540 g/mol. The molecule has 0 saturated heterocycles. The molecule has 0 rings (SSSR count). The first-order valence-electron chi connectivity index (χ1n) is 5.52. The van der Waals surface area contributed by atoms with Gasteiger partial charge in [0.1, 0.15) is 0 Å². The molecule has 0 aromatic heterocycles. The van der Waals surface area contributed by atoms with Crippen LogP contribution in [-0.4, -0.2) is 93.4 Å². The number of aliphatic carboxylic acids is 4. The monoisotopic (exact) mass is 555 g/mol. The molecule has 0 spiro atoms. The van der Waals surface area contributed by atoms with Crippen LogP contribution < -0.4 is 37.2 Å². The van der Waals surface area contributed by atoms with Crippen LogP contribution in [0.2, 0.25) is 0 Å². The van der Waals surface area contributed by atoms with Crippen molar-refractivity contribution >= 4 is 23.9 Å². The third kappa shape index (κ3) is 22.0. The Hall–Kier alpha value is -0.00532. The number of hydrogen-bond donors (Lipinski definition) is 4. The minimum absolute atomic E-state index is 0. The van der Waals surface area contributed by atoms with E-state index in [1.54, 1.807) is 0 Å². The zero-order valence-corrected chi connectivity index (χ0v) is 16.6. The molecule has 0 aliphatic rings. The molecule has 0 heterocycles. The van der Waals surface area contributed by atoms with Crippen LogP contribution in [0.15, 0.2) is 0 Å². The van der Waals surface area contributed by atoms with E-state index in [0.717, 1.165) is 9.80 Å². The van der Waals surface area contributed by atoms with Crippen LogP contribution in [0.4, 0.5) is 0 Å².